The van der Waals surface area contributed by atoms with Gasteiger partial charge >= 0.3 is 0 Å². The molecule has 1 aromatic heterocycles. The van der Waals surface area contributed by atoms with E-state index in [9.17, 15) is 9.59 Å². The predicted octanol–water partition coefficient (Wildman–Crippen LogP) is 0.854. The fourth-order valence-electron chi connectivity index (χ4n) is 4.03. The summed E-state index contributed by atoms with van der Waals surface area (Å²) in [5.41, 5.74) is -0.192. The zero-order chi connectivity index (χ0) is 17.6. The number of aromatic nitrogens is 1. The minimum atomic E-state index is -0.512. The largest absolute Gasteiger partial charge is 0.361 e. The predicted molar refractivity (Wildman–Crippen MR) is 88.5 cm³/mol. The van der Waals surface area contributed by atoms with Crippen molar-refractivity contribution in [2.75, 3.05) is 40.3 Å². The van der Waals surface area contributed by atoms with Gasteiger partial charge in [-0.1, -0.05) is 5.16 Å². The Kier molecular flexibility index (Phi) is 4.15. The highest BCUT2D eigenvalue weighted by Crippen LogP contribution is 2.44. The topological polar surface area (TPSA) is 69.9 Å². The van der Waals surface area contributed by atoms with Crippen molar-refractivity contribution < 1.29 is 14.1 Å². The monoisotopic (exact) mass is 334 g/mol. The number of amides is 2. The molecule has 0 bridgehead atoms. The molecule has 0 aromatic carbocycles. The van der Waals surface area contributed by atoms with Crippen LogP contribution in [0.5, 0.6) is 0 Å². The Hall–Kier alpha value is -1.89. The molecule has 1 aromatic rings. The molecule has 0 radical (unpaired) electrons. The van der Waals surface area contributed by atoms with Gasteiger partial charge in [-0.3, -0.25) is 14.5 Å². The molecule has 2 aliphatic rings. The molecule has 2 aliphatic heterocycles. The van der Waals surface area contributed by atoms with Gasteiger partial charge in [-0.05, 0) is 20.8 Å². The Morgan fingerprint density at radius 1 is 1.33 bits per heavy atom. The molecule has 2 fully saturated rings. The summed E-state index contributed by atoms with van der Waals surface area (Å²) < 4.78 is 5.02. The van der Waals surface area contributed by atoms with Gasteiger partial charge in [0.05, 0.1) is 5.41 Å². The minimum Gasteiger partial charge on any atom is -0.361 e. The maximum atomic E-state index is 13.0. The number of nitrogens with zero attached hydrogens (tertiary/aromatic N) is 4. The molecule has 7 nitrogen and oxygen atoms in total. The Morgan fingerprint density at radius 2 is 2.04 bits per heavy atom. The third-order valence-electron chi connectivity index (χ3n) is 5.33. The van der Waals surface area contributed by atoms with Crippen LogP contribution < -0.4 is 0 Å². The number of carbonyl (C=O) groups excluding carboxylic acids is 2. The van der Waals surface area contributed by atoms with Crippen LogP contribution in [0, 0.1) is 18.3 Å². The van der Waals surface area contributed by atoms with Crippen LogP contribution in [-0.2, 0) is 4.79 Å². The van der Waals surface area contributed by atoms with Gasteiger partial charge < -0.3 is 14.3 Å². The van der Waals surface area contributed by atoms with E-state index in [0.29, 0.717) is 37.1 Å². The SMILES string of the molecule is Cc1cc(C(=O)N2C[C@@H]3CN(C(C)C)C[C@]3(C(=O)N(C)C)C2)no1. The first-order valence-corrected chi connectivity index (χ1v) is 8.43. The van der Waals surface area contributed by atoms with Gasteiger partial charge in [-0.25, -0.2) is 0 Å². The Balaban J connectivity index is 1.85. The number of hydrogen-bond donors (Lipinski definition) is 0. The minimum absolute atomic E-state index is 0.113. The lowest BCUT2D eigenvalue weighted by Gasteiger charge is -2.31. The second kappa shape index (κ2) is 5.88. The summed E-state index contributed by atoms with van der Waals surface area (Å²) in [4.78, 5) is 31.4. The number of likely N-dealkylation sites (tertiary alicyclic amines) is 2. The summed E-state index contributed by atoms with van der Waals surface area (Å²) in [5.74, 6) is 0.736. The molecular weight excluding hydrogens is 308 g/mol. The van der Waals surface area contributed by atoms with Crippen LogP contribution >= 0.6 is 0 Å². The highest BCUT2D eigenvalue weighted by atomic mass is 16.5. The first-order valence-electron chi connectivity index (χ1n) is 8.43. The second-order valence-electron chi connectivity index (χ2n) is 7.58. The van der Waals surface area contributed by atoms with Gasteiger partial charge in [0.1, 0.15) is 5.76 Å². The summed E-state index contributed by atoms with van der Waals surface area (Å²) in [6.07, 6.45) is 0. The van der Waals surface area contributed by atoms with Crippen molar-refractivity contribution in [3.05, 3.63) is 17.5 Å². The third kappa shape index (κ3) is 2.60. The molecule has 0 saturated carbocycles. The highest BCUT2D eigenvalue weighted by Gasteiger charge is 2.58. The van der Waals surface area contributed by atoms with Crippen molar-refractivity contribution >= 4 is 11.8 Å². The van der Waals surface area contributed by atoms with E-state index in [0.717, 1.165) is 6.54 Å². The van der Waals surface area contributed by atoms with Crippen LogP contribution in [-0.4, -0.2) is 78.0 Å². The van der Waals surface area contributed by atoms with E-state index < -0.39 is 5.41 Å². The zero-order valence-corrected chi connectivity index (χ0v) is 15.1. The maximum absolute atomic E-state index is 13.0. The van der Waals surface area contributed by atoms with Crippen LogP contribution in [0.1, 0.15) is 30.1 Å². The normalized spacial score (nSPS) is 26.9. The zero-order valence-electron chi connectivity index (χ0n) is 15.1. The summed E-state index contributed by atoms with van der Waals surface area (Å²) in [6, 6.07) is 2.04. The molecule has 2 amide bonds. The van der Waals surface area contributed by atoms with E-state index in [1.54, 1.807) is 36.9 Å². The summed E-state index contributed by atoms with van der Waals surface area (Å²) >= 11 is 0. The number of rotatable bonds is 3. The molecule has 132 valence electrons. The molecule has 0 aliphatic carbocycles. The van der Waals surface area contributed by atoms with Crippen molar-refractivity contribution in [3.63, 3.8) is 0 Å². The van der Waals surface area contributed by atoms with Gasteiger partial charge in [0.25, 0.3) is 5.91 Å². The summed E-state index contributed by atoms with van der Waals surface area (Å²) in [5, 5.41) is 3.83. The fourth-order valence-corrected chi connectivity index (χ4v) is 4.03. The number of aryl methyl sites for hydroxylation is 1. The van der Waals surface area contributed by atoms with E-state index in [1.807, 2.05) is 0 Å². The lowest BCUT2D eigenvalue weighted by molar-refractivity contribution is -0.139. The van der Waals surface area contributed by atoms with Crippen LogP contribution in [0.4, 0.5) is 0 Å². The van der Waals surface area contributed by atoms with Gasteiger partial charge in [-0.15, -0.1) is 0 Å². The molecule has 2 atom stereocenters. The molecule has 0 N–H and O–H groups in total. The Morgan fingerprint density at radius 3 is 2.58 bits per heavy atom. The van der Waals surface area contributed by atoms with Crippen LogP contribution in [0.25, 0.3) is 0 Å². The molecule has 24 heavy (non-hydrogen) atoms. The molecule has 3 heterocycles. The smallest absolute Gasteiger partial charge is 0.276 e. The lowest BCUT2D eigenvalue weighted by atomic mass is 9.79. The first kappa shape index (κ1) is 17.0. The molecule has 0 spiro atoms. The number of hydrogen-bond acceptors (Lipinski definition) is 5. The average Bonchev–Trinajstić information content (AvgIpc) is 3.17. The van der Waals surface area contributed by atoms with Crippen LogP contribution in [0.3, 0.4) is 0 Å². The van der Waals surface area contributed by atoms with Gasteiger partial charge in [0.15, 0.2) is 5.69 Å². The van der Waals surface area contributed by atoms with Gasteiger partial charge in [-0.2, -0.15) is 0 Å². The van der Waals surface area contributed by atoms with Crippen molar-refractivity contribution in [1.29, 1.82) is 0 Å². The molecule has 3 rings (SSSR count). The third-order valence-corrected chi connectivity index (χ3v) is 5.33. The average molecular weight is 334 g/mol. The van der Waals surface area contributed by atoms with Crippen molar-refractivity contribution in [3.8, 4) is 0 Å². The molecule has 2 saturated heterocycles. The fraction of sp³-hybridized carbons (Fsp3) is 0.706. The Labute approximate surface area is 142 Å². The van der Waals surface area contributed by atoms with Crippen molar-refractivity contribution in [1.82, 2.24) is 19.9 Å². The molecular formula is C17H26N4O3. The van der Waals surface area contributed by atoms with Crippen LogP contribution in [0.2, 0.25) is 0 Å². The van der Waals surface area contributed by atoms with Crippen molar-refractivity contribution in [2.24, 2.45) is 11.3 Å². The lowest BCUT2D eigenvalue weighted by Crippen LogP contribution is -2.48. The number of carbonyl (C=O) groups is 2. The van der Waals surface area contributed by atoms with Crippen LogP contribution in [0.15, 0.2) is 10.6 Å². The van der Waals surface area contributed by atoms with E-state index in [2.05, 4.69) is 23.9 Å². The maximum Gasteiger partial charge on any atom is 0.276 e. The molecule has 0 unspecified atom stereocenters. The van der Waals surface area contributed by atoms with E-state index in [1.165, 1.54) is 0 Å². The summed E-state index contributed by atoms with van der Waals surface area (Å²) in [7, 11) is 3.58. The number of fused-ring (bicyclic) bond motifs is 1. The highest BCUT2D eigenvalue weighted by molar-refractivity contribution is 5.94. The summed E-state index contributed by atoms with van der Waals surface area (Å²) in [6.45, 7) is 8.65. The standard InChI is InChI=1S/C17H26N4O3/c1-11(2)20-7-13-8-21(15(22)14-6-12(3)24-18-14)10-17(13,9-20)16(23)19(4)5/h6,11,13H,7-10H2,1-5H3/t13-,17-/m0/s1. The first-order chi connectivity index (χ1) is 11.2. The molecule has 7 heteroatoms. The van der Waals surface area contributed by atoms with E-state index in [-0.39, 0.29) is 17.7 Å². The Bertz CT molecular complexity index is 654. The van der Waals surface area contributed by atoms with Gasteiger partial charge in [0.2, 0.25) is 5.91 Å². The second-order valence-corrected chi connectivity index (χ2v) is 7.58. The van der Waals surface area contributed by atoms with Crippen molar-refractivity contribution in [2.45, 2.75) is 26.8 Å². The van der Waals surface area contributed by atoms with Gasteiger partial charge in [0, 0.05) is 58.3 Å². The van der Waals surface area contributed by atoms with E-state index >= 15 is 0 Å². The van der Waals surface area contributed by atoms with E-state index in [4.69, 9.17) is 4.52 Å². The quantitative estimate of drug-likeness (QED) is 0.820.